The Morgan fingerprint density at radius 1 is 1.23 bits per heavy atom. The van der Waals surface area contributed by atoms with Crippen molar-refractivity contribution in [2.24, 2.45) is 5.92 Å². The average molecular weight is 422 g/mol. The topological polar surface area (TPSA) is 87.1 Å². The molecule has 3 aliphatic rings. The molecule has 8 nitrogen and oxygen atoms in total. The van der Waals surface area contributed by atoms with Crippen molar-refractivity contribution < 1.29 is 4.79 Å². The number of carbonyl (C=O) groups is 1. The van der Waals surface area contributed by atoms with Crippen molar-refractivity contribution in [1.82, 2.24) is 30.8 Å². The summed E-state index contributed by atoms with van der Waals surface area (Å²) in [5.41, 5.74) is 4.86. The summed E-state index contributed by atoms with van der Waals surface area (Å²) in [6.45, 7) is 4.15. The van der Waals surface area contributed by atoms with E-state index in [4.69, 9.17) is 0 Å². The first-order valence-electron chi connectivity index (χ1n) is 11.4. The van der Waals surface area contributed by atoms with Crippen LogP contribution < -0.4 is 21.1 Å². The molecule has 164 valence electrons. The smallest absolute Gasteiger partial charge is 0.243 e. The maximum absolute atomic E-state index is 11.9. The molecule has 4 unspecified atom stereocenters. The molecule has 1 saturated heterocycles. The van der Waals surface area contributed by atoms with Crippen molar-refractivity contribution in [3.63, 3.8) is 0 Å². The van der Waals surface area contributed by atoms with Gasteiger partial charge in [0.2, 0.25) is 11.9 Å². The number of rotatable bonds is 7. The Morgan fingerprint density at radius 2 is 2.06 bits per heavy atom. The number of hydrazine groups is 1. The maximum Gasteiger partial charge on any atom is 0.243 e. The van der Waals surface area contributed by atoms with Gasteiger partial charge < -0.3 is 5.32 Å². The van der Waals surface area contributed by atoms with Gasteiger partial charge in [0, 0.05) is 31.3 Å². The number of benzene rings is 1. The van der Waals surface area contributed by atoms with Crippen LogP contribution in [0.25, 0.3) is 0 Å². The van der Waals surface area contributed by atoms with Crippen LogP contribution in [0.5, 0.6) is 0 Å². The van der Waals surface area contributed by atoms with E-state index in [0.29, 0.717) is 24.9 Å². The molecule has 1 aromatic heterocycles. The van der Waals surface area contributed by atoms with Gasteiger partial charge in [-0.25, -0.2) is 5.43 Å². The number of nitrogens with zero attached hydrogens (tertiary/aromatic N) is 4. The highest BCUT2D eigenvalue weighted by molar-refractivity contribution is 5.75. The molecule has 0 bridgehead atoms. The van der Waals surface area contributed by atoms with E-state index in [-0.39, 0.29) is 18.2 Å². The molecule has 31 heavy (non-hydrogen) atoms. The number of anilines is 1. The molecule has 8 heteroatoms. The normalized spacial score (nSPS) is 26.6. The Kier molecular flexibility index (Phi) is 5.74. The third kappa shape index (κ3) is 3.85. The average Bonchev–Trinajstić information content (AvgIpc) is 3.43. The van der Waals surface area contributed by atoms with Crippen LogP contribution in [-0.2, 0) is 11.2 Å². The Bertz CT molecular complexity index is 927. The predicted molar refractivity (Wildman–Crippen MR) is 119 cm³/mol. The van der Waals surface area contributed by atoms with E-state index in [0.717, 1.165) is 31.0 Å². The minimum absolute atomic E-state index is 0.0602. The summed E-state index contributed by atoms with van der Waals surface area (Å²) in [4.78, 5) is 11.9. The number of hydrogen-bond donors (Lipinski definition) is 3. The molecule has 1 aliphatic carbocycles. The first-order chi connectivity index (χ1) is 15.3. The first-order valence-corrected chi connectivity index (χ1v) is 11.4. The first kappa shape index (κ1) is 20.2. The van der Waals surface area contributed by atoms with Crippen molar-refractivity contribution in [1.29, 1.82) is 0 Å². The van der Waals surface area contributed by atoms with E-state index in [1.807, 2.05) is 6.07 Å². The van der Waals surface area contributed by atoms with Gasteiger partial charge in [-0.05, 0) is 24.8 Å². The highest BCUT2D eigenvalue weighted by Crippen LogP contribution is 2.45. The highest BCUT2D eigenvalue weighted by Gasteiger charge is 2.48. The number of fused-ring (bicyclic) bond motifs is 6. The largest absolute Gasteiger partial charge is 0.353 e. The third-order valence-electron chi connectivity index (χ3n) is 6.75. The summed E-state index contributed by atoms with van der Waals surface area (Å²) in [5.74, 6) is 2.45. The Hall–Kier alpha value is -2.71. The third-order valence-corrected chi connectivity index (χ3v) is 6.75. The van der Waals surface area contributed by atoms with E-state index in [1.165, 1.54) is 24.8 Å². The number of carbonyl (C=O) groups excluding carboxylic acids is 1. The van der Waals surface area contributed by atoms with Crippen LogP contribution in [0.1, 0.15) is 62.1 Å². The van der Waals surface area contributed by atoms with E-state index in [2.05, 4.69) is 66.7 Å². The molecule has 2 aliphatic heterocycles. The lowest BCUT2D eigenvalue weighted by molar-refractivity contribution is -0.120. The molecule has 3 N–H and O–H groups in total. The van der Waals surface area contributed by atoms with Crippen LogP contribution in [0.2, 0.25) is 0 Å². The van der Waals surface area contributed by atoms with Gasteiger partial charge in [0.05, 0.1) is 0 Å². The highest BCUT2D eigenvalue weighted by atomic mass is 16.1. The number of nitrogens with one attached hydrogen (secondary N) is 3. The number of aryl methyl sites for hydroxylation is 1. The predicted octanol–water partition coefficient (Wildman–Crippen LogP) is 2.59. The summed E-state index contributed by atoms with van der Waals surface area (Å²) in [6, 6.07) is 10.9. The van der Waals surface area contributed by atoms with E-state index in [9.17, 15) is 4.79 Å². The zero-order valence-corrected chi connectivity index (χ0v) is 17.8. The molecule has 3 heterocycles. The van der Waals surface area contributed by atoms with Gasteiger partial charge in [0.25, 0.3) is 0 Å². The minimum atomic E-state index is 0.0602. The molecular formula is C23H31N7O. The molecule has 0 spiro atoms. The molecular weight excluding hydrogens is 390 g/mol. The Balaban J connectivity index is 1.36. The lowest BCUT2D eigenvalue weighted by Gasteiger charge is -2.44. The minimum Gasteiger partial charge on any atom is -0.353 e. The van der Waals surface area contributed by atoms with Crippen LogP contribution in [-0.4, -0.2) is 33.4 Å². The second-order valence-electron chi connectivity index (χ2n) is 8.70. The summed E-state index contributed by atoms with van der Waals surface area (Å²) in [7, 11) is 0. The van der Waals surface area contributed by atoms with Gasteiger partial charge in [0.1, 0.15) is 18.2 Å². The molecule has 0 radical (unpaired) electrons. The zero-order chi connectivity index (χ0) is 21.2. The molecule has 5 rings (SSSR count). The molecule has 1 aromatic carbocycles. The lowest BCUT2D eigenvalue weighted by atomic mass is 9.81. The molecule has 1 saturated carbocycles. The van der Waals surface area contributed by atoms with Gasteiger partial charge in [-0.1, -0.05) is 49.2 Å². The molecule has 2 aromatic rings. The fourth-order valence-electron chi connectivity index (χ4n) is 5.31. The monoisotopic (exact) mass is 421 g/mol. The fourth-order valence-corrected chi connectivity index (χ4v) is 5.31. The number of aromatic nitrogens is 3. The van der Waals surface area contributed by atoms with Gasteiger partial charge in [0.15, 0.2) is 0 Å². The zero-order valence-electron chi connectivity index (χ0n) is 17.8. The molecule has 4 atom stereocenters. The molecule has 1 amide bonds. The van der Waals surface area contributed by atoms with Crippen LogP contribution in [0.4, 0.5) is 5.95 Å². The van der Waals surface area contributed by atoms with Crippen LogP contribution in [0.15, 0.2) is 43.0 Å². The lowest BCUT2D eigenvalue weighted by Crippen LogP contribution is -2.53. The number of amides is 1. The van der Waals surface area contributed by atoms with Crippen molar-refractivity contribution in [2.75, 3.05) is 11.6 Å². The summed E-state index contributed by atoms with van der Waals surface area (Å²) < 4.78 is 2.35. The van der Waals surface area contributed by atoms with E-state index < -0.39 is 0 Å². The summed E-state index contributed by atoms with van der Waals surface area (Å²) in [6.07, 6.45) is 8.85. The fraction of sp³-hybridized carbons (Fsp3) is 0.522. The van der Waals surface area contributed by atoms with Gasteiger partial charge >= 0.3 is 0 Å². The van der Waals surface area contributed by atoms with Crippen LogP contribution in [0.3, 0.4) is 0 Å². The van der Waals surface area contributed by atoms with Crippen molar-refractivity contribution >= 4 is 11.9 Å². The summed E-state index contributed by atoms with van der Waals surface area (Å²) in [5, 5.41) is 18.0. The maximum atomic E-state index is 11.9. The standard InChI is InChI=1S/C23H31N7O/c1-2-15-24-20(31)14-8-13-19-26-27-23-29(19)18-12-7-6-11-17(18)22-25-21(28-30(22)23)16-9-4-3-5-10-16/h2-5,9-10,17-18,21-22,25,28H,1,6-8,11-15H2,(H,24,31). The second kappa shape index (κ2) is 8.80. The van der Waals surface area contributed by atoms with Gasteiger partial charge in [-0.2, -0.15) is 0 Å². The number of hydrogen-bond acceptors (Lipinski definition) is 6. The van der Waals surface area contributed by atoms with Gasteiger partial charge in [-0.3, -0.25) is 19.7 Å². The quantitative estimate of drug-likeness (QED) is 0.596. The van der Waals surface area contributed by atoms with Crippen molar-refractivity contribution in [2.45, 2.75) is 63.3 Å². The Labute approximate surface area is 183 Å². The van der Waals surface area contributed by atoms with Crippen LogP contribution >= 0.6 is 0 Å². The van der Waals surface area contributed by atoms with Crippen molar-refractivity contribution in [3.8, 4) is 0 Å². The molecule has 2 fully saturated rings. The van der Waals surface area contributed by atoms with E-state index in [1.54, 1.807) is 6.08 Å². The SMILES string of the molecule is C=CCNC(=O)CCCc1nnc2n1C1CCCCC1C1NC(c3ccccc3)NN21. The Morgan fingerprint density at radius 3 is 2.90 bits per heavy atom. The van der Waals surface area contributed by atoms with Crippen LogP contribution in [0, 0.1) is 5.92 Å². The summed E-state index contributed by atoms with van der Waals surface area (Å²) >= 11 is 0. The van der Waals surface area contributed by atoms with Crippen molar-refractivity contribution in [3.05, 3.63) is 54.4 Å². The van der Waals surface area contributed by atoms with E-state index >= 15 is 0 Å². The van der Waals surface area contributed by atoms with Gasteiger partial charge in [-0.15, -0.1) is 16.8 Å². The second-order valence-corrected chi connectivity index (χ2v) is 8.70.